The summed E-state index contributed by atoms with van der Waals surface area (Å²) in [6, 6.07) is 0. The van der Waals surface area contributed by atoms with Crippen molar-refractivity contribution in [3.8, 4) is 5.92 Å². The van der Waals surface area contributed by atoms with E-state index in [1.165, 1.54) is 0 Å². The zero-order valence-electron chi connectivity index (χ0n) is 5.62. The van der Waals surface area contributed by atoms with Gasteiger partial charge in [0.2, 0.25) is 0 Å². The summed E-state index contributed by atoms with van der Waals surface area (Å²) in [6.45, 7) is 6.14. The van der Waals surface area contributed by atoms with Gasteiger partial charge in [-0.2, -0.15) is 0 Å². The summed E-state index contributed by atoms with van der Waals surface area (Å²) < 4.78 is 5.08. The van der Waals surface area contributed by atoms with Crippen LogP contribution >= 0.6 is 0 Å². The molecule has 0 bridgehead atoms. The highest BCUT2D eigenvalue weighted by molar-refractivity contribution is 4.76. The van der Waals surface area contributed by atoms with Crippen LogP contribution in [-0.2, 0) is 4.74 Å². The molecule has 0 aromatic heterocycles. The van der Waals surface area contributed by atoms with Gasteiger partial charge in [-0.1, -0.05) is 5.92 Å². The van der Waals surface area contributed by atoms with E-state index < -0.39 is 0 Å². The van der Waals surface area contributed by atoms with Crippen molar-refractivity contribution in [1.82, 2.24) is 0 Å². The van der Waals surface area contributed by atoms with E-state index in [1.807, 2.05) is 20.8 Å². The van der Waals surface area contributed by atoms with Crippen LogP contribution in [0.5, 0.6) is 0 Å². The van der Waals surface area contributed by atoms with Crippen molar-refractivity contribution in [3.05, 3.63) is 6.42 Å². The Balaban J connectivity index is 3.28. The van der Waals surface area contributed by atoms with Crippen LogP contribution in [0.3, 0.4) is 0 Å². The molecular weight excluding hydrogens is 100 g/mol. The van der Waals surface area contributed by atoms with Gasteiger partial charge < -0.3 is 4.74 Å². The topological polar surface area (TPSA) is 9.23 Å². The Morgan fingerprint density at radius 1 is 1.50 bits per heavy atom. The van der Waals surface area contributed by atoms with Crippen molar-refractivity contribution in [2.45, 2.75) is 26.4 Å². The molecule has 45 valence electrons. The van der Waals surface area contributed by atoms with Crippen molar-refractivity contribution in [2.75, 3.05) is 6.61 Å². The zero-order valence-corrected chi connectivity index (χ0v) is 5.62. The van der Waals surface area contributed by atoms with Crippen molar-refractivity contribution >= 4 is 0 Å². The Bertz CT molecular complexity index is 91.9. The Kier molecular flexibility index (Phi) is 2.57. The second kappa shape index (κ2) is 2.74. The van der Waals surface area contributed by atoms with Crippen LogP contribution in [0.4, 0.5) is 0 Å². The molecule has 0 unspecified atom stereocenters. The van der Waals surface area contributed by atoms with E-state index in [9.17, 15) is 0 Å². The van der Waals surface area contributed by atoms with Gasteiger partial charge in [0.1, 0.15) is 6.61 Å². The molecule has 1 heteroatoms. The van der Waals surface area contributed by atoms with E-state index in [4.69, 9.17) is 11.2 Å². The highest BCUT2D eigenvalue weighted by Gasteiger charge is 2.07. The maximum Gasteiger partial charge on any atom is 0.109 e. The molecule has 1 radical (unpaired) electrons. The first kappa shape index (κ1) is 7.52. The Morgan fingerprint density at radius 2 is 2.00 bits per heavy atom. The van der Waals surface area contributed by atoms with Crippen LogP contribution in [0.25, 0.3) is 0 Å². The Hall–Kier alpha value is -0.480. The number of hydrogen-bond donors (Lipinski definition) is 0. The number of hydrogen-bond acceptors (Lipinski definition) is 1. The van der Waals surface area contributed by atoms with Gasteiger partial charge in [0.15, 0.2) is 0 Å². The monoisotopic (exact) mass is 111 g/mol. The SMILES string of the molecule is [C]#CCOC(C)(C)C. The van der Waals surface area contributed by atoms with Crippen molar-refractivity contribution in [3.63, 3.8) is 0 Å². The van der Waals surface area contributed by atoms with E-state index in [2.05, 4.69) is 5.92 Å². The first-order chi connectivity index (χ1) is 3.56. The molecule has 0 fully saturated rings. The first-order valence-electron chi connectivity index (χ1n) is 2.60. The van der Waals surface area contributed by atoms with Gasteiger partial charge in [-0.15, -0.1) is 0 Å². The highest BCUT2D eigenvalue weighted by Crippen LogP contribution is 2.04. The predicted octanol–water partition coefficient (Wildman–Crippen LogP) is 1.39. The van der Waals surface area contributed by atoms with E-state index in [1.54, 1.807) is 0 Å². The van der Waals surface area contributed by atoms with Crippen molar-refractivity contribution in [2.24, 2.45) is 0 Å². The molecule has 0 atom stereocenters. The fraction of sp³-hybridized carbons (Fsp3) is 0.714. The maximum atomic E-state index is 6.51. The van der Waals surface area contributed by atoms with Crippen molar-refractivity contribution in [1.29, 1.82) is 0 Å². The molecule has 0 aliphatic heterocycles. The summed E-state index contributed by atoms with van der Waals surface area (Å²) in [4.78, 5) is 0. The van der Waals surface area contributed by atoms with Crippen LogP contribution in [0.15, 0.2) is 0 Å². The minimum Gasteiger partial charge on any atom is -0.363 e. The van der Waals surface area contributed by atoms with Gasteiger partial charge in [0.05, 0.1) is 5.60 Å². The van der Waals surface area contributed by atoms with Gasteiger partial charge in [0, 0.05) is 0 Å². The molecule has 8 heavy (non-hydrogen) atoms. The molecule has 0 rings (SSSR count). The van der Waals surface area contributed by atoms with Crippen molar-refractivity contribution < 1.29 is 4.74 Å². The molecule has 0 saturated carbocycles. The second-order valence-corrected chi connectivity index (χ2v) is 2.58. The third-order valence-corrected chi connectivity index (χ3v) is 0.577. The zero-order chi connectivity index (χ0) is 6.62. The summed E-state index contributed by atoms with van der Waals surface area (Å²) in [5.41, 5.74) is -0.131. The third kappa shape index (κ3) is 5.52. The molecule has 1 nitrogen and oxygen atoms in total. The number of rotatable bonds is 1. The predicted molar refractivity (Wildman–Crippen MR) is 32.8 cm³/mol. The van der Waals surface area contributed by atoms with Gasteiger partial charge in [-0.3, -0.25) is 0 Å². The second-order valence-electron chi connectivity index (χ2n) is 2.58. The minimum absolute atomic E-state index is 0.131. The largest absolute Gasteiger partial charge is 0.363 e. The lowest BCUT2D eigenvalue weighted by Gasteiger charge is -2.16. The smallest absolute Gasteiger partial charge is 0.109 e. The Morgan fingerprint density at radius 3 is 2.12 bits per heavy atom. The van der Waals surface area contributed by atoms with Crippen LogP contribution in [0, 0.1) is 12.3 Å². The lowest BCUT2D eigenvalue weighted by atomic mass is 10.2. The summed E-state index contributed by atoms with van der Waals surface area (Å²) in [5, 5.41) is 0. The van der Waals surface area contributed by atoms with E-state index in [0.29, 0.717) is 6.61 Å². The molecular formula is C7H11O. The molecule has 0 saturated heterocycles. The highest BCUT2D eigenvalue weighted by atomic mass is 16.5. The lowest BCUT2D eigenvalue weighted by molar-refractivity contribution is 0.0180. The summed E-state index contributed by atoms with van der Waals surface area (Å²) >= 11 is 0. The summed E-state index contributed by atoms with van der Waals surface area (Å²) in [5.74, 6) is 2.15. The van der Waals surface area contributed by atoms with E-state index in [-0.39, 0.29) is 5.60 Å². The first-order valence-corrected chi connectivity index (χ1v) is 2.60. The average molecular weight is 111 g/mol. The molecule has 0 N–H and O–H groups in total. The van der Waals surface area contributed by atoms with Crippen LogP contribution in [0.2, 0.25) is 0 Å². The molecule has 0 aliphatic carbocycles. The van der Waals surface area contributed by atoms with Gasteiger partial charge >= 0.3 is 0 Å². The van der Waals surface area contributed by atoms with Crippen LogP contribution < -0.4 is 0 Å². The minimum atomic E-state index is -0.131. The fourth-order valence-electron chi connectivity index (χ4n) is 0.253. The molecule has 0 heterocycles. The molecule has 0 aromatic rings. The Labute approximate surface area is 51.0 Å². The van der Waals surface area contributed by atoms with Crippen LogP contribution in [-0.4, -0.2) is 12.2 Å². The van der Waals surface area contributed by atoms with Gasteiger partial charge in [-0.05, 0) is 27.2 Å². The lowest BCUT2D eigenvalue weighted by Crippen LogP contribution is -2.18. The number of ether oxygens (including phenoxy) is 1. The van der Waals surface area contributed by atoms with Gasteiger partial charge in [0.25, 0.3) is 0 Å². The molecule has 0 amide bonds. The average Bonchev–Trinajstić information content (AvgIpc) is 1.59. The van der Waals surface area contributed by atoms with Gasteiger partial charge in [-0.25, -0.2) is 0 Å². The normalized spacial score (nSPS) is 10.8. The third-order valence-electron chi connectivity index (χ3n) is 0.577. The van der Waals surface area contributed by atoms with E-state index >= 15 is 0 Å². The van der Waals surface area contributed by atoms with Crippen LogP contribution in [0.1, 0.15) is 20.8 Å². The van der Waals surface area contributed by atoms with E-state index in [0.717, 1.165) is 0 Å². The fourth-order valence-corrected chi connectivity index (χ4v) is 0.253. The quantitative estimate of drug-likeness (QED) is 0.465. The molecule has 0 aliphatic rings. The summed E-state index contributed by atoms with van der Waals surface area (Å²) in [7, 11) is 0. The summed E-state index contributed by atoms with van der Waals surface area (Å²) in [6.07, 6.45) is 6.51. The molecule has 0 spiro atoms. The molecule has 0 aromatic carbocycles. The standard InChI is InChI=1S/C7H11O/c1-5-6-8-7(2,3)4/h6H2,2-4H3. The maximum absolute atomic E-state index is 6.51.